The highest BCUT2D eigenvalue weighted by Gasteiger charge is 2.18. The van der Waals surface area contributed by atoms with Crippen LogP contribution in [0.4, 0.5) is 4.39 Å². The average molecular weight is 197 g/mol. The van der Waals surface area contributed by atoms with E-state index in [4.69, 9.17) is 0 Å². The van der Waals surface area contributed by atoms with Crippen LogP contribution in [0, 0.1) is 0 Å². The molecule has 0 amide bonds. The van der Waals surface area contributed by atoms with Crippen molar-refractivity contribution in [1.82, 2.24) is 4.90 Å². The quantitative estimate of drug-likeness (QED) is 0.628. The van der Waals surface area contributed by atoms with Crippen LogP contribution in [0.15, 0.2) is 29.2 Å². The summed E-state index contributed by atoms with van der Waals surface area (Å²) >= 11 is 1.33. The first-order valence-corrected chi connectivity index (χ1v) is 5.21. The lowest BCUT2D eigenvalue weighted by Crippen LogP contribution is -2.22. The summed E-state index contributed by atoms with van der Waals surface area (Å²) in [6.07, 6.45) is 0. The molecule has 1 aromatic carbocycles. The molecule has 1 atom stereocenters. The normalized spacial score (nSPS) is 23.7. The number of alkyl halides is 1. The van der Waals surface area contributed by atoms with Gasteiger partial charge in [0.25, 0.3) is 0 Å². The van der Waals surface area contributed by atoms with Crippen molar-refractivity contribution in [3.05, 3.63) is 29.8 Å². The summed E-state index contributed by atoms with van der Waals surface area (Å²) < 4.78 is 13.3. The van der Waals surface area contributed by atoms with E-state index in [1.165, 1.54) is 17.3 Å². The lowest BCUT2D eigenvalue weighted by Gasteiger charge is -2.13. The minimum absolute atomic E-state index is 0.513. The van der Waals surface area contributed by atoms with E-state index in [-0.39, 0.29) is 0 Å². The second-order valence-corrected chi connectivity index (χ2v) is 4.52. The Kier molecular flexibility index (Phi) is 2.56. The first-order valence-electron chi connectivity index (χ1n) is 4.33. The van der Waals surface area contributed by atoms with Crippen LogP contribution in [-0.4, -0.2) is 24.0 Å². The van der Waals surface area contributed by atoms with Crippen molar-refractivity contribution in [3.8, 4) is 0 Å². The second kappa shape index (κ2) is 3.68. The van der Waals surface area contributed by atoms with E-state index >= 15 is 0 Å². The van der Waals surface area contributed by atoms with Gasteiger partial charge in [-0.15, -0.1) is 0 Å². The van der Waals surface area contributed by atoms with Gasteiger partial charge in [0.2, 0.25) is 0 Å². The SMILES string of the molecule is CN1Cc2ccccc2S[C@@H](F)C1. The fourth-order valence-electron chi connectivity index (χ4n) is 1.52. The number of nitrogens with zero attached hydrogens (tertiary/aromatic N) is 1. The molecule has 70 valence electrons. The Morgan fingerprint density at radius 2 is 2.23 bits per heavy atom. The Hall–Kier alpha value is -0.540. The molecule has 1 aromatic rings. The number of thioether (sulfide) groups is 1. The Bertz CT molecular complexity index is 274. The van der Waals surface area contributed by atoms with Crippen LogP contribution < -0.4 is 0 Å². The molecule has 0 unspecified atom stereocenters. The summed E-state index contributed by atoms with van der Waals surface area (Å²) in [4.78, 5) is 3.10. The largest absolute Gasteiger partial charge is 0.298 e. The van der Waals surface area contributed by atoms with Crippen molar-refractivity contribution in [2.45, 2.75) is 16.9 Å². The summed E-state index contributed by atoms with van der Waals surface area (Å²) in [6, 6.07) is 8.03. The highest BCUT2D eigenvalue weighted by molar-refractivity contribution is 7.99. The van der Waals surface area contributed by atoms with E-state index in [2.05, 4.69) is 6.07 Å². The first kappa shape index (κ1) is 9.03. The maximum atomic E-state index is 13.3. The molecule has 13 heavy (non-hydrogen) atoms. The minimum atomic E-state index is -0.798. The summed E-state index contributed by atoms with van der Waals surface area (Å²) in [7, 11) is 1.95. The zero-order chi connectivity index (χ0) is 9.26. The van der Waals surface area contributed by atoms with E-state index in [9.17, 15) is 4.39 Å². The van der Waals surface area contributed by atoms with Crippen LogP contribution in [0.2, 0.25) is 0 Å². The predicted molar refractivity (Wildman–Crippen MR) is 53.5 cm³/mol. The molecule has 0 bridgehead atoms. The molecule has 1 aliphatic heterocycles. The van der Waals surface area contributed by atoms with Gasteiger partial charge in [0.1, 0.15) is 0 Å². The van der Waals surface area contributed by atoms with E-state index in [0.717, 1.165) is 11.4 Å². The van der Waals surface area contributed by atoms with Crippen LogP contribution in [-0.2, 0) is 6.54 Å². The maximum Gasteiger partial charge on any atom is 0.163 e. The van der Waals surface area contributed by atoms with Crippen molar-refractivity contribution < 1.29 is 4.39 Å². The van der Waals surface area contributed by atoms with Crippen molar-refractivity contribution >= 4 is 11.8 Å². The first-order chi connectivity index (χ1) is 6.25. The molecule has 0 radical (unpaired) electrons. The number of hydrogen-bond donors (Lipinski definition) is 0. The Morgan fingerprint density at radius 1 is 1.46 bits per heavy atom. The number of rotatable bonds is 0. The molecule has 0 saturated heterocycles. The van der Waals surface area contributed by atoms with Crippen molar-refractivity contribution in [2.24, 2.45) is 0 Å². The van der Waals surface area contributed by atoms with E-state index < -0.39 is 5.50 Å². The number of benzene rings is 1. The van der Waals surface area contributed by atoms with Gasteiger partial charge < -0.3 is 0 Å². The number of fused-ring (bicyclic) bond motifs is 1. The molecule has 1 nitrogen and oxygen atoms in total. The molecule has 2 rings (SSSR count). The monoisotopic (exact) mass is 197 g/mol. The highest BCUT2D eigenvalue weighted by atomic mass is 32.2. The van der Waals surface area contributed by atoms with E-state index in [0.29, 0.717) is 6.54 Å². The molecule has 0 fully saturated rings. The van der Waals surface area contributed by atoms with Gasteiger partial charge in [-0.2, -0.15) is 0 Å². The molecule has 1 aliphatic rings. The Balaban J connectivity index is 2.32. The summed E-state index contributed by atoms with van der Waals surface area (Å²) in [5.41, 5.74) is 0.434. The zero-order valence-corrected chi connectivity index (χ0v) is 8.35. The highest BCUT2D eigenvalue weighted by Crippen LogP contribution is 2.31. The molecule has 0 saturated carbocycles. The lowest BCUT2D eigenvalue weighted by molar-refractivity contribution is 0.274. The summed E-state index contributed by atoms with van der Waals surface area (Å²) in [5.74, 6) is 0. The standard InChI is InChI=1S/C10H12FNS/c1-12-6-8-4-2-3-5-9(8)13-10(11)7-12/h2-5,10H,6-7H2,1H3/t10-/m1/s1. The molecule has 1 heterocycles. The average Bonchev–Trinajstić information content (AvgIpc) is 2.20. The van der Waals surface area contributed by atoms with Gasteiger partial charge in [0, 0.05) is 18.0 Å². The third-order valence-corrected chi connectivity index (χ3v) is 3.18. The van der Waals surface area contributed by atoms with Crippen LogP contribution in [0.5, 0.6) is 0 Å². The van der Waals surface area contributed by atoms with Gasteiger partial charge in [-0.05, 0) is 18.7 Å². The molecule has 0 spiro atoms. The molecule has 0 N–H and O–H groups in total. The minimum Gasteiger partial charge on any atom is -0.298 e. The maximum absolute atomic E-state index is 13.3. The van der Waals surface area contributed by atoms with Crippen molar-refractivity contribution in [2.75, 3.05) is 13.6 Å². The van der Waals surface area contributed by atoms with Gasteiger partial charge in [-0.25, -0.2) is 4.39 Å². The van der Waals surface area contributed by atoms with Gasteiger partial charge in [-0.3, -0.25) is 4.90 Å². The van der Waals surface area contributed by atoms with Gasteiger partial charge in [-0.1, -0.05) is 30.0 Å². The van der Waals surface area contributed by atoms with Crippen molar-refractivity contribution in [3.63, 3.8) is 0 Å². The fraction of sp³-hybridized carbons (Fsp3) is 0.400. The lowest BCUT2D eigenvalue weighted by atomic mass is 10.2. The topological polar surface area (TPSA) is 3.24 Å². The zero-order valence-electron chi connectivity index (χ0n) is 7.53. The van der Waals surface area contributed by atoms with E-state index in [1.807, 2.05) is 30.1 Å². The van der Waals surface area contributed by atoms with Crippen LogP contribution in [0.25, 0.3) is 0 Å². The Labute approximate surface area is 81.9 Å². The van der Waals surface area contributed by atoms with Gasteiger partial charge in [0.05, 0.1) is 0 Å². The van der Waals surface area contributed by atoms with Crippen molar-refractivity contribution in [1.29, 1.82) is 0 Å². The number of hydrogen-bond acceptors (Lipinski definition) is 2. The predicted octanol–water partition coefficient (Wildman–Crippen LogP) is 2.52. The fourth-order valence-corrected chi connectivity index (χ4v) is 2.57. The van der Waals surface area contributed by atoms with Gasteiger partial charge >= 0.3 is 0 Å². The van der Waals surface area contributed by atoms with Crippen LogP contribution in [0.1, 0.15) is 5.56 Å². The Morgan fingerprint density at radius 3 is 3.08 bits per heavy atom. The second-order valence-electron chi connectivity index (χ2n) is 3.33. The summed E-state index contributed by atoms with van der Waals surface area (Å²) in [5, 5.41) is 0. The van der Waals surface area contributed by atoms with Gasteiger partial charge in [0.15, 0.2) is 5.50 Å². The molecule has 3 heteroatoms. The van der Waals surface area contributed by atoms with Crippen LogP contribution >= 0.6 is 11.8 Å². The molecular formula is C10H12FNS. The third kappa shape index (κ3) is 2.03. The molecular weight excluding hydrogens is 185 g/mol. The van der Waals surface area contributed by atoms with Crippen LogP contribution in [0.3, 0.4) is 0 Å². The smallest absolute Gasteiger partial charge is 0.163 e. The molecule has 0 aromatic heterocycles. The summed E-state index contributed by atoms with van der Waals surface area (Å²) in [6.45, 7) is 1.36. The third-order valence-electron chi connectivity index (χ3n) is 2.12. The van der Waals surface area contributed by atoms with E-state index in [1.54, 1.807) is 0 Å². The number of halogens is 1. The molecule has 0 aliphatic carbocycles.